The van der Waals surface area contributed by atoms with E-state index in [1.54, 1.807) is 0 Å². The van der Waals surface area contributed by atoms with Gasteiger partial charge in [0.15, 0.2) is 0 Å². The molecule has 0 atom stereocenters. The molecule has 120 valence electrons. The van der Waals surface area contributed by atoms with Gasteiger partial charge in [-0.1, -0.05) is 19.3 Å². The summed E-state index contributed by atoms with van der Waals surface area (Å²) in [5, 5.41) is 3.04. The first-order chi connectivity index (χ1) is 10.7. The quantitative estimate of drug-likeness (QED) is 0.909. The molecule has 0 saturated heterocycles. The van der Waals surface area contributed by atoms with E-state index in [0.29, 0.717) is 12.6 Å². The molecule has 1 N–H and O–H groups in total. The number of amides is 1. The van der Waals surface area contributed by atoms with Crippen molar-refractivity contribution in [3.63, 3.8) is 0 Å². The highest BCUT2D eigenvalue weighted by Crippen LogP contribution is 2.25. The number of hydrogen-bond acceptors (Lipinski definition) is 3. The standard InChI is InChI=1S/C18H26N2O2/c1-20(16-5-3-2-4-6-16)11-10-19-18(21)15-7-8-17-14(13-15)9-12-22-17/h7-8,13,16H,2-6,9-12H2,1H3,(H,19,21). The molecule has 0 radical (unpaired) electrons. The highest BCUT2D eigenvalue weighted by Gasteiger charge is 2.18. The molecular weight excluding hydrogens is 276 g/mol. The molecule has 1 amide bonds. The minimum Gasteiger partial charge on any atom is -0.493 e. The fourth-order valence-electron chi connectivity index (χ4n) is 3.48. The van der Waals surface area contributed by atoms with Crippen molar-refractivity contribution in [2.24, 2.45) is 0 Å². The molecule has 1 saturated carbocycles. The van der Waals surface area contributed by atoms with Gasteiger partial charge < -0.3 is 15.0 Å². The number of fused-ring (bicyclic) bond motifs is 1. The number of nitrogens with zero attached hydrogens (tertiary/aromatic N) is 1. The van der Waals surface area contributed by atoms with E-state index in [9.17, 15) is 4.79 Å². The van der Waals surface area contributed by atoms with Crippen LogP contribution in [0.15, 0.2) is 18.2 Å². The average molecular weight is 302 g/mol. The highest BCUT2D eigenvalue weighted by atomic mass is 16.5. The van der Waals surface area contributed by atoms with Gasteiger partial charge in [-0.25, -0.2) is 0 Å². The Labute approximate surface area is 132 Å². The molecule has 1 aromatic carbocycles. The zero-order chi connectivity index (χ0) is 15.4. The van der Waals surface area contributed by atoms with Gasteiger partial charge in [-0.2, -0.15) is 0 Å². The Morgan fingerprint density at radius 2 is 2.14 bits per heavy atom. The molecule has 1 aliphatic heterocycles. The first kappa shape index (κ1) is 15.3. The molecule has 4 heteroatoms. The summed E-state index contributed by atoms with van der Waals surface area (Å²) in [6, 6.07) is 6.42. The van der Waals surface area contributed by atoms with E-state index in [-0.39, 0.29) is 5.91 Å². The number of carbonyl (C=O) groups is 1. The van der Waals surface area contributed by atoms with Crippen LogP contribution in [0.4, 0.5) is 0 Å². The van der Waals surface area contributed by atoms with Crippen LogP contribution in [-0.4, -0.2) is 43.6 Å². The predicted octanol–water partition coefficient (Wildman–Crippen LogP) is 2.62. The molecule has 2 aliphatic rings. The Morgan fingerprint density at radius 1 is 1.32 bits per heavy atom. The summed E-state index contributed by atoms with van der Waals surface area (Å²) in [7, 11) is 2.18. The van der Waals surface area contributed by atoms with Crippen molar-refractivity contribution in [1.29, 1.82) is 0 Å². The van der Waals surface area contributed by atoms with Crippen LogP contribution in [0.5, 0.6) is 5.75 Å². The van der Waals surface area contributed by atoms with Gasteiger partial charge in [0, 0.05) is 31.1 Å². The summed E-state index contributed by atoms with van der Waals surface area (Å²) in [6.07, 6.45) is 7.58. The fourth-order valence-corrected chi connectivity index (χ4v) is 3.48. The molecule has 0 spiro atoms. The van der Waals surface area contributed by atoms with Crippen molar-refractivity contribution in [2.75, 3.05) is 26.7 Å². The monoisotopic (exact) mass is 302 g/mol. The Balaban J connectivity index is 1.46. The lowest BCUT2D eigenvalue weighted by Crippen LogP contribution is -2.39. The molecule has 1 heterocycles. The molecule has 0 bridgehead atoms. The van der Waals surface area contributed by atoms with Crippen LogP contribution in [0.2, 0.25) is 0 Å². The van der Waals surface area contributed by atoms with Gasteiger partial charge >= 0.3 is 0 Å². The molecule has 0 aromatic heterocycles. The van der Waals surface area contributed by atoms with Crippen LogP contribution >= 0.6 is 0 Å². The van der Waals surface area contributed by atoms with Crippen LogP contribution in [0.3, 0.4) is 0 Å². The van der Waals surface area contributed by atoms with Crippen molar-refractivity contribution in [1.82, 2.24) is 10.2 Å². The Morgan fingerprint density at radius 3 is 2.95 bits per heavy atom. The molecule has 1 aromatic rings. The van der Waals surface area contributed by atoms with E-state index in [1.165, 1.54) is 32.1 Å². The predicted molar refractivity (Wildman–Crippen MR) is 87.5 cm³/mol. The van der Waals surface area contributed by atoms with Crippen molar-refractivity contribution in [2.45, 2.75) is 44.6 Å². The summed E-state index contributed by atoms with van der Waals surface area (Å²) in [6.45, 7) is 2.36. The van der Waals surface area contributed by atoms with Crippen molar-refractivity contribution in [3.05, 3.63) is 29.3 Å². The van der Waals surface area contributed by atoms with Gasteiger partial charge in [0.25, 0.3) is 5.91 Å². The maximum atomic E-state index is 12.2. The number of nitrogens with one attached hydrogen (secondary N) is 1. The van der Waals surface area contributed by atoms with Gasteiger partial charge in [0.1, 0.15) is 5.75 Å². The third kappa shape index (κ3) is 3.61. The summed E-state index contributed by atoms with van der Waals surface area (Å²) >= 11 is 0. The topological polar surface area (TPSA) is 41.6 Å². The Hall–Kier alpha value is -1.55. The molecule has 22 heavy (non-hydrogen) atoms. The molecule has 0 unspecified atom stereocenters. The molecule has 3 rings (SSSR count). The molecule has 4 nitrogen and oxygen atoms in total. The number of benzene rings is 1. The van der Waals surface area contributed by atoms with Gasteiger partial charge in [-0.3, -0.25) is 4.79 Å². The van der Waals surface area contributed by atoms with Crippen molar-refractivity contribution in [3.8, 4) is 5.75 Å². The molecule has 1 aliphatic carbocycles. The van der Waals surface area contributed by atoms with Crippen molar-refractivity contribution < 1.29 is 9.53 Å². The second kappa shape index (κ2) is 7.14. The van der Waals surface area contributed by atoms with Gasteiger partial charge in [0.2, 0.25) is 0 Å². The van der Waals surface area contributed by atoms with Crippen molar-refractivity contribution >= 4 is 5.91 Å². The van der Waals surface area contributed by atoms with E-state index in [4.69, 9.17) is 4.74 Å². The Kier molecular flexibility index (Phi) is 4.98. The summed E-state index contributed by atoms with van der Waals surface area (Å²) < 4.78 is 5.47. The SMILES string of the molecule is CN(CCNC(=O)c1ccc2c(c1)CCO2)C1CCCCC1. The number of carbonyl (C=O) groups excluding carboxylic acids is 1. The Bertz CT molecular complexity index is 524. The first-order valence-electron chi connectivity index (χ1n) is 8.48. The zero-order valence-electron chi connectivity index (χ0n) is 13.4. The molecular formula is C18H26N2O2. The normalized spacial score (nSPS) is 18.1. The second-order valence-electron chi connectivity index (χ2n) is 6.45. The largest absolute Gasteiger partial charge is 0.493 e. The van der Waals surface area contributed by atoms with E-state index >= 15 is 0 Å². The third-order valence-electron chi connectivity index (χ3n) is 4.90. The van der Waals surface area contributed by atoms with E-state index in [2.05, 4.69) is 17.3 Å². The van der Waals surface area contributed by atoms with E-state index in [0.717, 1.165) is 36.4 Å². The minimum absolute atomic E-state index is 0.0201. The van der Waals surface area contributed by atoms with Gasteiger partial charge in [-0.05, 0) is 43.7 Å². The van der Waals surface area contributed by atoms with Crippen LogP contribution in [0.1, 0.15) is 48.0 Å². The highest BCUT2D eigenvalue weighted by molar-refractivity contribution is 5.94. The van der Waals surface area contributed by atoms with Crippen LogP contribution in [-0.2, 0) is 6.42 Å². The molecule has 1 fully saturated rings. The number of likely N-dealkylation sites (N-methyl/N-ethyl adjacent to an activating group) is 1. The average Bonchev–Trinajstić information content (AvgIpc) is 3.03. The second-order valence-corrected chi connectivity index (χ2v) is 6.45. The first-order valence-corrected chi connectivity index (χ1v) is 8.48. The van der Waals surface area contributed by atoms with Crippen LogP contribution in [0, 0.1) is 0 Å². The lowest BCUT2D eigenvalue weighted by Gasteiger charge is -2.31. The lowest BCUT2D eigenvalue weighted by molar-refractivity contribution is 0.0944. The summed E-state index contributed by atoms with van der Waals surface area (Å²) in [5.41, 5.74) is 1.89. The lowest BCUT2D eigenvalue weighted by atomic mass is 9.94. The summed E-state index contributed by atoms with van der Waals surface area (Å²) in [4.78, 5) is 14.6. The van der Waals surface area contributed by atoms with Gasteiger partial charge in [-0.15, -0.1) is 0 Å². The van der Waals surface area contributed by atoms with E-state index in [1.807, 2.05) is 18.2 Å². The number of ether oxygens (including phenoxy) is 1. The number of hydrogen-bond donors (Lipinski definition) is 1. The summed E-state index contributed by atoms with van der Waals surface area (Å²) in [5.74, 6) is 0.945. The fraction of sp³-hybridized carbons (Fsp3) is 0.611. The maximum Gasteiger partial charge on any atom is 0.251 e. The van der Waals surface area contributed by atoms with Gasteiger partial charge in [0.05, 0.1) is 6.61 Å². The third-order valence-corrected chi connectivity index (χ3v) is 4.90. The number of rotatable bonds is 5. The minimum atomic E-state index is 0.0201. The zero-order valence-corrected chi connectivity index (χ0v) is 13.4. The van der Waals surface area contributed by atoms with Crippen LogP contribution < -0.4 is 10.1 Å². The maximum absolute atomic E-state index is 12.2. The van der Waals surface area contributed by atoms with E-state index < -0.39 is 0 Å². The smallest absolute Gasteiger partial charge is 0.251 e. The van der Waals surface area contributed by atoms with Crippen LogP contribution in [0.25, 0.3) is 0 Å².